The first-order valence-electron chi connectivity index (χ1n) is 8.88. The number of halogens is 1. The lowest BCUT2D eigenvalue weighted by Crippen LogP contribution is -2.41. The van der Waals surface area contributed by atoms with Crippen LogP contribution >= 0.6 is 24.0 Å². The first-order valence-corrected chi connectivity index (χ1v) is 8.88. The molecule has 1 rings (SSSR count). The Hall–Kier alpha value is -0.530. The van der Waals surface area contributed by atoms with Gasteiger partial charge in [-0.3, -0.25) is 9.79 Å². The van der Waals surface area contributed by atoms with Gasteiger partial charge in [0.2, 0.25) is 5.91 Å². The Morgan fingerprint density at radius 2 is 1.91 bits per heavy atom. The van der Waals surface area contributed by atoms with Gasteiger partial charge >= 0.3 is 0 Å². The maximum atomic E-state index is 11.6. The van der Waals surface area contributed by atoms with E-state index >= 15 is 0 Å². The van der Waals surface area contributed by atoms with E-state index in [1.165, 1.54) is 19.3 Å². The van der Waals surface area contributed by atoms with Crippen LogP contribution in [0, 0.1) is 11.8 Å². The monoisotopic (exact) mass is 438 g/mol. The van der Waals surface area contributed by atoms with Crippen LogP contribution in [0.1, 0.15) is 52.9 Å². The normalized spacial score (nSPS) is 18.0. The standard InChI is InChI=1S/C17H34N4O.HI/c1-5-10-19-16(22)8-11-20-17(18-4)21-12-9-15(13-21)14(6-2)7-3;/h14-15H,5-13H2,1-4H3,(H,18,20)(H,19,22);1H. The number of amides is 1. The highest BCUT2D eigenvalue weighted by molar-refractivity contribution is 14.0. The SMILES string of the molecule is CCCNC(=O)CCNC(=NC)N1CCC(C(CC)CC)C1.I. The molecule has 0 bridgehead atoms. The van der Waals surface area contributed by atoms with Crippen molar-refractivity contribution in [1.29, 1.82) is 0 Å². The summed E-state index contributed by atoms with van der Waals surface area (Å²) in [5.74, 6) is 2.65. The van der Waals surface area contributed by atoms with Crippen LogP contribution in [0.3, 0.4) is 0 Å². The van der Waals surface area contributed by atoms with Crippen molar-refractivity contribution in [3.05, 3.63) is 0 Å². The average Bonchev–Trinajstić information content (AvgIpc) is 3.00. The fourth-order valence-corrected chi connectivity index (χ4v) is 3.29. The van der Waals surface area contributed by atoms with E-state index in [1.54, 1.807) is 0 Å². The third kappa shape index (κ3) is 7.72. The van der Waals surface area contributed by atoms with Gasteiger partial charge in [0.15, 0.2) is 5.96 Å². The molecule has 2 N–H and O–H groups in total. The molecule has 1 amide bonds. The van der Waals surface area contributed by atoms with Gasteiger partial charge in [-0.05, 0) is 24.7 Å². The van der Waals surface area contributed by atoms with E-state index in [4.69, 9.17) is 0 Å². The largest absolute Gasteiger partial charge is 0.356 e. The molecule has 0 aromatic heterocycles. The van der Waals surface area contributed by atoms with Gasteiger partial charge in [0.1, 0.15) is 0 Å². The lowest BCUT2D eigenvalue weighted by molar-refractivity contribution is -0.120. The Balaban J connectivity index is 0.00000484. The van der Waals surface area contributed by atoms with Crippen molar-refractivity contribution in [1.82, 2.24) is 15.5 Å². The molecule has 5 nitrogen and oxygen atoms in total. The second-order valence-electron chi connectivity index (χ2n) is 6.15. The lowest BCUT2D eigenvalue weighted by atomic mass is 9.87. The number of guanidine groups is 1. The van der Waals surface area contributed by atoms with E-state index in [2.05, 4.69) is 41.3 Å². The molecule has 1 aliphatic heterocycles. The molecule has 1 saturated heterocycles. The third-order valence-corrected chi connectivity index (χ3v) is 4.66. The van der Waals surface area contributed by atoms with E-state index < -0.39 is 0 Å². The molecular formula is C17H35IN4O. The summed E-state index contributed by atoms with van der Waals surface area (Å²) in [6.07, 6.45) is 5.26. The van der Waals surface area contributed by atoms with Gasteiger partial charge in [-0.25, -0.2) is 0 Å². The third-order valence-electron chi connectivity index (χ3n) is 4.66. The van der Waals surface area contributed by atoms with Crippen LogP contribution < -0.4 is 10.6 Å². The molecule has 0 spiro atoms. The first kappa shape index (κ1) is 22.5. The second-order valence-corrected chi connectivity index (χ2v) is 6.15. The molecule has 0 aromatic rings. The van der Waals surface area contributed by atoms with Gasteiger partial charge in [-0.15, -0.1) is 24.0 Å². The van der Waals surface area contributed by atoms with E-state index in [0.29, 0.717) is 13.0 Å². The van der Waals surface area contributed by atoms with Crippen LogP contribution in [-0.4, -0.2) is 50.0 Å². The van der Waals surface area contributed by atoms with Gasteiger partial charge in [0, 0.05) is 39.6 Å². The Morgan fingerprint density at radius 1 is 1.22 bits per heavy atom. The van der Waals surface area contributed by atoms with Crippen LogP contribution in [0.2, 0.25) is 0 Å². The quantitative estimate of drug-likeness (QED) is 0.348. The second kappa shape index (κ2) is 12.8. The minimum absolute atomic E-state index is 0. The molecule has 0 radical (unpaired) electrons. The maximum absolute atomic E-state index is 11.6. The molecule has 1 aliphatic rings. The highest BCUT2D eigenvalue weighted by atomic mass is 127. The van der Waals surface area contributed by atoms with Gasteiger partial charge in [-0.2, -0.15) is 0 Å². The van der Waals surface area contributed by atoms with E-state index in [0.717, 1.165) is 43.9 Å². The van der Waals surface area contributed by atoms with E-state index in [1.807, 2.05) is 7.05 Å². The number of carbonyl (C=O) groups excluding carboxylic acids is 1. The predicted molar refractivity (Wildman–Crippen MR) is 108 cm³/mol. The number of hydrogen-bond acceptors (Lipinski definition) is 2. The number of likely N-dealkylation sites (tertiary alicyclic amines) is 1. The average molecular weight is 438 g/mol. The summed E-state index contributed by atoms with van der Waals surface area (Å²) in [6.45, 7) is 10.2. The summed E-state index contributed by atoms with van der Waals surface area (Å²) in [5.41, 5.74) is 0. The summed E-state index contributed by atoms with van der Waals surface area (Å²) in [7, 11) is 1.82. The molecule has 6 heteroatoms. The molecule has 1 fully saturated rings. The zero-order valence-electron chi connectivity index (χ0n) is 15.2. The van der Waals surface area contributed by atoms with Crippen molar-refractivity contribution in [3.8, 4) is 0 Å². The first-order chi connectivity index (χ1) is 10.7. The Bertz CT molecular complexity index is 359. The van der Waals surface area contributed by atoms with E-state index in [9.17, 15) is 4.79 Å². The molecular weight excluding hydrogens is 403 g/mol. The number of nitrogens with zero attached hydrogens (tertiary/aromatic N) is 2. The van der Waals surface area contributed by atoms with Crippen LogP contribution in [0.4, 0.5) is 0 Å². The van der Waals surface area contributed by atoms with E-state index in [-0.39, 0.29) is 29.9 Å². The van der Waals surface area contributed by atoms with Crippen molar-refractivity contribution in [2.75, 3.05) is 33.2 Å². The van der Waals surface area contributed by atoms with Crippen LogP contribution in [0.15, 0.2) is 4.99 Å². The van der Waals surface area contributed by atoms with Crippen molar-refractivity contribution in [2.45, 2.75) is 52.9 Å². The summed E-state index contributed by atoms with van der Waals surface area (Å²) < 4.78 is 0. The zero-order valence-corrected chi connectivity index (χ0v) is 17.6. The fourth-order valence-electron chi connectivity index (χ4n) is 3.29. The molecule has 0 saturated carbocycles. The van der Waals surface area contributed by atoms with Gasteiger partial charge < -0.3 is 15.5 Å². The molecule has 23 heavy (non-hydrogen) atoms. The summed E-state index contributed by atoms with van der Waals surface area (Å²) in [4.78, 5) is 18.3. The van der Waals surface area contributed by atoms with Gasteiger partial charge in [0.25, 0.3) is 0 Å². The van der Waals surface area contributed by atoms with Crippen molar-refractivity contribution < 1.29 is 4.79 Å². The number of aliphatic imine (C=N–C) groups is 1. The maximum Gasteiger partial charge on any atom is 0.221 e. The minimum atomic E-state index is 0. The lowest BCUT2D eigenvalue weighted by Gasteiger charge is -2.24. The molecule has 1 atom stereocenters. The van der Waals surface area contributed by atoms with Crippen molar-refractivity contribution in [2.24, 2.45) is 16.8 Å². The summed E-state index contributed by atoms with van der Waals surface area (Å²) in [5, 5.41) is 6.23. The molecule has 0 aromatic carbocycles. The molecule has 136 valence electrons. The van der Waals surface area contributed by atoms with Crippen molar-refractivity contribution in [3.63, 3.8) is 0 Å². The van der Waals surface area contributed by atoms with Crippen LogP contribution in [-0.2, 0) is 4.79 Å². The Kier molecular flexibility index (Phi) is 12.5. The number of carbonyl (C=O) groups is 1. The summed E-state index contributed by atoms with van der Waals surface area (Å²) in [6, 6.07) is 0. The topological polar surface area (TPSA) is 56.7 Å². The Morgan fingerprint density at radius 3 is 2.48 bits per heavy atom. The number of nitrogens with one attached hydrogen (secondary N) is 2. The number of hydrogen-bond donors (Lipinski definition) is 2. The molecule has 0 aliphatic carbocycles. The predicted octanol–water partition coefficient (Wildman–Crippen LogP) is 2.85. The summed E-state index contributed by atoms with van der Waals surface area (Å²) >= 11 is 0. The van der Waals surface area contributed by atoms with Crippen LogP contribution in [0.5, 0.6) is 0 Å². The van der Waals surface area contributed by atoms with Crippen molar-refractivity contribution >= 4 is 35.8 Å². The zero-order chi connectivity index (χ0) is 16.4. The fraction of sp³-hybridized carbons (Fsp3) is 0.882. The van der Waals surface area contributed by atoms with Gasteiger partial charge in [0.05, 0.1) is 0 Å². The molecule has 1 unspecified atom stereocenters. The number of rotatable bonds is 8. The smallest absolute Gasteiger partial charge is 0.221 e. The van der Waals surface area contributed by atoms with Crippen LogP contribution in [0.25, 0.3) is 0 Å². The van der Waals surface area contributed by atoms with Gasteiger partial charge in [-0.1, -0.05) is 33.6 Å². The minimum Gasteiger partial charge on any atom is -0.356 e. The molecule has 1 heterocycles. The highest BCUT2D eigenvalue weighted by Crippen LogP contribution is 2.28. The Labute approximate surface area is 159 Å². The highest BCUT2D eigenvalue weighted by Gasteiger charge is 2.29.